The zero-order valence-corrected chi connectivity index (χ0v) is 12.6. The number of H-pyrrole nitrogens is 2. The molecule has 0 unspecified atom stereocenters. The van der Waals surface area contributed by atoms with Gasteiger partial charge in [-0.25, -0.2) is 4.98 Å². The van der Waals surface area contributed by atoms with Gasteiger partial charge in [-0.15, -0.1) is 10.0 Å². The Morgan fingerprint density at radius 3 is 2.88 bits per heavy atom. The van der Waals surface area contributed by atoms with Crippen LogP contribution in [0.25, 0.3) is 33.5 Å². The molecule has 0 radical (unpaired) electrons. The summed E-state index contributed by atoms with van der Waals surface area (Å²) in [5.41, 5.74) is 3.37. The summed E-state index contributed by atoms with van der Waals surface area (Å²) in [7, 11) is 1.64. The number of aromatic nitrogens is 5. The molecule has 118 valence electrons. The average Bonchev–Trinajstić information content (AvgIpc) is 3.28. The molecule has 0 saturated carbocycles. The molecule has 8 nitrogen and oxygen atoms in total. The van der Waals surface area contributed by atoms with E-state index in [-0.39, 0.29) is 5.95 Å². The fraction of sp³-hybridized carbons (Fsp3) is 0.0625. The van der Waals surface area contributed by atoms with Crippen LogP contribution in [-0.2, 0) is 0 Å². The Kier molecular flexibility index (Phi) is 3.27. The molecule has 8 heteroatoms. The van der Waals surface area contributed by atoms with E-state index in [0.717, 1.165) is 27.9 Å². The van der Waals surface area contributed by atoms with E-state index in [4.69, 9.17) is 4.74 Å². The third-order valence-electron chi connectivity index (χ3n) is 3.76. The molecule has 0 bridgehead atoms. The first kappa shape index (κ1) is 14.1. The van der Waals surface area contributed by atoms with Gasteiger partial charge in [-0.3, -0.25) is 5.10 Å². The number of hydrogen-bond acceptors (Lipinski definition) is 6. The summed E-state index contributed by atoms with van der Waals surface area (Å²) in [5.74, 6) is 1.08. The van der Waals surface area contributed by atoms with Gasteiger partial charge in [-0.1, -0.05) is 18.2 Å². The van der Waals surface area contributed by atoms with Gasteiger partial charge in [0.1, 0.15) is 11.4 Å². The van der Waals surface area contributed by atoms with Gasteiger partial charge in [0.25, 0.3) is 0 Å². The second-order valence-electron chi connectivity index (χ2n) is 5.10. The predicted octanol–water partition coefficient (Wildman–Crippen LogP) is 3.42. The lowest BCUT2D eigenvalue weighted by Crippen LogP contribution is -1.87. The monoisotopic (exact) mass is 320 g/mol. The molecule has 0 amide bonds. The maximum Gasteiger partial charge on any atom is 0.309 e. The smallest absolute Gasteiger partial charge is 0.309 e. The largest absolute Gasteiger partial charge is 0.496 e. The van der Waals surface area contributed by atoms with E-state index in [2.05, 4.69) is 30.3 Å². The number of methoxy groups -OCH3 is 1. The molecule has 0 aliphatic heterocycles. The molecule has 4 rings (SSSR count). The summed E-state index contributed by atoms with van der Waals surface area (Å²) >= 11 is 0. The summed E-state index contributed by atoms with van der Waals surface area (Å²) < 4.78 is 5.44. The number of hydrogen-bond donors (Lipinski definition) is 2. The van der Waals surface area contributed by atoms with E-state index in [1.807, 2.05) is 36.5 Å². The molecule has 3 heterocycles. The van der Waals surface area contributed by atoms with Crippen molar-refractivity contribution in [3.8, 4) is 28.3 Å². The van der Waals surface area contributed by atoms with E-state index in [1.54, 1.807) is 13.3 Å². The maximum atomic E-state index is 10.5. The lowest BCUT2D eigenvalue weighted by Gasteiger charge is -2.07. The van der Waals surface area contributed by atoms with Crippen LogP contribution in [-0.4, -0.2) is 32.3 Å². The first-order valence-electron chi connectivity index (χ1n) is 7.17. The minimum atomic E-state index is -0.135. The van der Waals surface area contributed by atoms with Gasteiger partial charge in [0.15, 0.2) is 5.82 Å². The van der Waals surface area contributed by atoms with Crippen LogP contribution < -0.4 is 4.74 Å². The van der Waals surface area contributed by atoms with Gasteiger partial charge >= 0.3 is 5.95 Å². The van der Waals surface area contributed by atoms with Gasteiger partial charge in [0, 0.05) is 39.6 Å². The highest BCUT2D eigenvalue weighted by molar-refractivity contribution is 5.96. The number of ether oxygens (including phenoxy) is 1. The molecule has 24 heavy (non-hydrogen) atoms. The number of nitrogens with zero attached hydrogens (tertiary/aromatic N) is 4. The summed E-state index contributed by atoms with van der Waals surface area (Å²) in [6, 6.07) is 9.69. The van der Waals surface area contributed by atoms with Crippen LogP contribution in [0.3, 0.4) is 0 Å². The van der Waals surface area contributed by atoms with E-state index in [0.29, 0.717) is 11.4 Å². The van der Waals surface area contributed by atoms with Gasteiger partial charge in [0.2, 0.25) is 0 Å². The minimum Gasteiger partial charge on any atom is -0.496 e. The lowest BCUT2D eigenvalue weighted by molar-refractivity contribution is 0.416. The number of rotatable bonds is 4. The zero-order valence-electron chi connectivity index (χ0n) is 12.6. The van der Waals surface area contributed by atoms with E-state index in [9.17, 15) is 4.91 Å². The zero-order chi connectivity index (χ0) is 16.5. The molecule has 1 aromatic carbocycles. The molecular formula is C16H12N6O2. The molecule has 4 aromatic rings. The van der Waals surface area contributed by atoms with E-state index < -0.39 is 0 Å². The average molecular weight is 320 g/mol. The first-order valence-corrected chi connectivity index (χ1v) is 7.17. The van der Waals surface area contributed by atoms with Crippen LogP contribution in [0.5, 0.6) is 5.75 Å². The number of benzene rings is 1. The molecule has 0 atom stereocenters. The number of fused-ring (bicyclic) bond motifs is 1. The summed E-state index contributed by atoms with van der Waals surface area (Å²) in [5, 5.41) is 10.0. The van der Waals surface area contributed by atoms with Gasteiger partial charge in [0.05, 0.1) is 7.11 Å². The fourth-order valence-electron chi connectivity index (χ4n) is 2.65. The second-order valence-corrected chi connectivity index (χ2v) is 5.10. The molecule has 0 saturated heterocycles. The highest BCUT2D eigenvalue weighted by Crippen LogP contribution is 2.35. The van der Waals surface area contributed by atoms with Crippen LogP contribution in [0.1, 0.15) is 0 Å². The minimum absolute atomic E-state index is 0.135. The van der Waals surface area contributed by atoms with Gasteiger partial charge < -0.3 is 9.72 Å². The number of aromatic amines is 2. The number of pyridine rings is 1. The van der Waals surface area contributed by atoms with Crippen LogP contribution in [0, 0.1) is 4.91 Å². The van der Waals surface area contributed by atoms with E-state index in [1.165, 1.54) is 0 Å². The SMILES string of the molecule is COc1ccccc1-c1c[nH]c2ncc(-c3nc(N=O)n[nH]3)cc12. The predicted molar refractivity (Wildman–Crippen MR) is 88.9 cm³/mol. The third kappa shape index (κ3) is 2.21. The summed E-state index contributed by atoms with van der Waals surface area (Å²) in [6.07, 6.45) is 3.54. The van der Waals surface area contributed by atoms with Crippen molar-refractivity contribution >= 4 is 17.0 Å². The normalized spacial score (nSPS) is 10.9. The Balaban J connectivity index is 1.89. The molecule has 2 N–H and O–H groups in total. The summed E-state index contributed by atoms with van der Waals surface area (Å²) in [4.78, 5) is 22.1. The van der Waals surface area contributed by atoms with Crippen molar-refractivity contribution in [1.29, 1.82) is 0 Å². The Bertz CT molecular complexity index is 1040. The van der Waals surface area contributed by atoms with E-state index >= 15 is 0 Å². The van der Waals surface area contributed by atoms with Crippen LogP contribution in [0.4, 0.5) is 5.95 Å². The summed E-state index contributed by atoms with van der Waals surface area (Å²) in [6.45, 7) is 0. The topological polar surface area (TPSA) is 109 Å². The highest BCUT2D eigenvalue weighted by Gasteiger charge is 2.14. The molecule has 0 fully saturated rings. The van der Waals surface area contributed by atoms with Crippen molar-refractivity contribution in [3.05, 3.63) is 47.6 Å². The van der Waals surface area contributed by atoms with Crippen molar-refractivity contribution in [2.75, 3.05) is 7.11 Å². The standard InChI is InChI=1S/C16H12N6O2/c1-24-13-5-3-2-4-10(13)12-8-18-15-11(12)6-9(7-17-15)14-19-16(22-23)21-20-14/h2-8H,1H3,(H,17,18)(H,19,20,21). The van der Waals surface area contributed by atoms with Crippen molar-refractivity contribution in [2.24, 2.45) is 5.18 Å². The van der Waals surface area contributed by atoms with Crippen LogP contribution in [0.15, 0.2) is 47.9 Å². The highest BCUT2D eigenvalue weighted by atomic mass is 16.5. The first-order chi connectivity index (χ1) is 11.8. The van der Waals surface area contributed by atoms with Crippen molar-refractivity contribution in [1.82, 2.24) is 25.1 Å². The fourth-order valence-corrected chi connectivity index (χ4v) is 2.65. The maximum absolute atomic E-state index is 10.5. The second kappa shape index (κ2) is 5.58. The van der Waals surface area contributed by atoms with Crippen molar-refractivity contribution in [2.45, 2.75) is 0 Å². The molecule has 0 spiro atoms. The molecule has 0 aliphatic rings. The quantitative estimate of drug-likeness (QED) is 0.560. The van der Waals surface area contributed by atoms with Crippen LogP contribution >= 0.6 is 0 Å². The lowest BCUT2D eigenvalue weighted by atomic mass is 10.0. The Hall–Kier alpha value is -3.55. The molecule has 3 aromatic heterocycles. The van der Waals surface area contributed by atoms with Crippen molar-refractivity contribution < 1.29 is 4.74 Å². The molecule has 0 aliphatic carbocycles. The Labute approximate surface area is 135 Å². The van der Waals surface area contributed by atoms with Crippen molar-refractivity contribution in [3.63, 3.8) is 0 Å². The Morgan fingerprint density at radius 2 is 2.08 bits per heavy atom. The number of nitrogens with one attached hydrogen (secondary N) is 2. The molecular weight excluding hydrogens is 308 g/mol. The van der Waals surface area contributed by atoms with Gasteiger partial charge in [-0.2, -0.15) is 4.98 Å². The Morgan fingerprint density at radius 1 is 1.21 bits per heavy atom. The number of nitroso groups, excluding NO2 is 1. The third-order valence-corrected chi connectivity index (χ3v) is 3.76. The van der Waals surface area contributed by atoms with Crippen LogP contribution in [0.2, 0.25) is 0 Å². The number of para-hydroxylation sites is 1. The van der Waals surface area contributed by atoms with Gasteiger partial charge in [-0.05, 0) is 12.1 Å².